The number of carbonyl (C=O) groups excluding carboxylic acids is 1. The van der Waals surface area contributed by atoms with E-state index >= 15 is 0 Å². The van der Waals surface area contributed by atoms with Crippen LogP contribution in [0, 0.1) is 24.0 Å². The van der Waals surface area contributed by atoms with E-state index in [4.69, 9.17) is 11.6 Å². The van der Waals surface area contributed by atoms with Gasteiger partial charge in [0.05, 0.1) is 21.4 Å². The molecule has 1 heterocycles. The number of nitro benzene ring substituents is 1. The summed E-state index contributed by atoms with van der Waals surface area (Å²) in [5, 5.41) is 14.4. The van der Waals surface area contributed by atoms with Gasteiger partial charge in [0.1, 0.15) is 0 Å². The summed E-state index contributed by atoms with van der Waals surface area (Å²) in [7, 11) is 0. The van der Waals surface area contributed by atoms with Gasteiger partial charge in [-0.25, -0.2) is 4.98 Å². The quantitative estimate of drug-likeness (QED) is 0.354. The molecular weight excluding hydrogens is 400 g/mol. The maximum absolute atomic E-state index is 12.3. The summed E-state index contributed by atoms with van der Waals surface area (Å²) in [5.41, 5.74) is 3.31. The molecule has 3 rings (SSSR count). The van der Waals surface area contributed by atoms with Gasteiger partial charge in [0.25, 0.3) is 5.69 Å². The minimum atomic E-state index is -0.540. The van der Waals surface area contributed by atoms with E-state index in [1.165, 1.54) is 30.0 Å². The highest BCUT2D eigenvalue weighted by Gasteiger charge is 2.14. The van der Waals surface area contributed by atoms with Gasteiger partial charge < -0.3 is 5.32 Å². The normalized spacial score (nSPS) is 10.7. The van der Waals surface area contributed by atoms with Crippen LogP contribution in [0.4, 0.5) is 11.4 Å². The molecule has 0 atom stereocenters. The lowest BCUT2D eigenvalue weighted by molar-refractivity contribution is -0.384. The highest BCUT2D eigenvalue weighted by atomic mass is 35.5. The number of nitrogens with one attached hydrogen (secondary N) is 1. The summed E-state index contributed by atoms with van der Waals surface area (Å²) in [6, 6.07) is 10.1. The first kappa shape index (κ1) is 19.9. The minimum Gasteiger partial charge on any atom is -0.324 e. The van der Waals surface area contributed by atoms with Gasteiger partial charge in [-0.3, -0.25) is 19.5 Å². The second kappa shape index (κ2) is 8.45. The Kier molecular flexibility index (Phi) is 6.01. The van der Waals surface area contributed by atoms with Crippen molar-refractivity contribution in [3.8, 4) is 5.69 Å². The Labute approximate surface area is 170 Å². The number of aromatic nitrogens is 2. The lowest BCUT2D eigenvalue weighted by Crippen LogP contribution is -2.15. The highest BCUT2D eigenvalue weighted by molar-refractivity contribution is 7.99. The summed E-state index contributed by atoms with van der Waals surface area (Å²) in [6.45, 7) is 4.05. The van der Waals surface area contributed by atoms with E-state index in [1.807, 2.05) is 36.7 Å². The van der Waals surface area contributed by atoms with Crippen LogP contribution in [0.2, 0.25) is 5.02 Å². The molecule has 0 unspecified atom stereocenters. The van der Waals surface area contributed by atoms with Crippen molar-refractivity contribution in [3.05, 3.63) is 75.1 Å². The number of amides is 1. The number of benzene rings is 2. The second-order valence-electron chi connectivity index (χ2n) is 6.18. The molecule has 1 amide bonds. The van der Waals surface area contributed by atoms with E-state index in [0.717, 1.165) is 16.8 Å². The molecule has 0 aliphatic rings. The zero-order chi connectivity index (χ0) is 20.3. The molecule has 0 aliphatic heterocycles. The van der Waals surface area contributed by atoms with Crippen molar-refractivity contribution < 1.29 is 9.72 Å². The smallest absolute Gasteiger partial charge is 0.271 e. The maximum atomic E-state index is 12.3. The Balaban J connectivity index is 1.70. The molecule has 1 N–H and O–H groups in total. The zero-order valence-electron chi connectivity index (χ0n) is 15.2. The van der Waals surface area contributed by atoms with Crippen LogP contribution < -0.4 is 5.32 Å². The van der Waals surface area contributed by atoms with Crippen LogP contribution >= 0.6 is 23.4 Å². The molecule has 3 aromatic rings. The van der Waals surface area contributed by atoms with Crippen molar-refractivity contribution in [2.24, 2.45) is 0 Å². The number of anilines is 1. The molecule has 0 aliphatic carbocycles. The number of non-ortho nitro benzene ring substituents is 1. The van der Waals surface area contributed by atoms with Crippen molar-refractivity contribution in [2.45, 2.75) is 19.0 Å². The number of imidazole rings is 1. The summed E-state index contributed by atoms with van der Waals surface area (Å²) < 4.78 is 1.91. The summed E-state index contributed by atoms with van der Waals surface area (Å²) in [4.78, 5) is 27.0. The average Bonchev–Trinajstić information content (AvgIpc) is 3.09. The van der Waals surface area contributed by atoms with Crippen LogP contribution in [-0.2, 0) is 4.79 Å². The molecule has 0 bridgehead atoms. The van der Waals surface area contributed by atoms with Crippen LogP contribution in [0.3, 0.4) is 0 Å². The third kappa shape index (κ3) is 4.71. The van der Waals surface area contributed by atoms with Gasteiger partial charge >= 0.3 is 0 Å². The number of halogens is 1. The maximum Gasteiger partial charge on any atom is 0.271 e. The Morgan fingerprint density at radius 1 is 1.25 bits per heavy atom. The first-order valence-electron chi connectivity index (χ1n) is 8.32. The average molecular weight is 417 g/mol. The van der Waals surface area contributed by atoms with Gasteiger partial charge in [-0.05, 0) is 43.2 Å². The number of nitrogens with zero attached hydrogens (tertiary/aromatic N) is 3. The number of thioether (sulfide) groups is 1. The number of hydrogen-bond donors (Lipinski definition) is 1. The Morgan fingerprint density at radius 2 is 1.96 bits per heavy atom. The number of nitro groups is 1. The van der Waals surface area contributed by atoms with E-state index in [-0.39, 0.29) is 28.1 Å². The largest absolute Gasteiger partial charge is 0.324 e. The molecule has 0 spiro atoms. The monoisotopic (exact) mass is 416 g/mol. The van der Waals surface area contributed by atoms with Crippen LogP contribution in [0.5, 0.6) is 0 Å². The van der Waals surface area contributed by atoms with Crippen molar-refractivity contribution in [1.82, 2.24) is 9.55 Å². The fourth-order valence-electron chi connectivity index (χ4n) is 2.72. The topological polar surface area (TPSA) is 90.1 Å². The molecule has 9 heteroatoms. The third-order valence-electron chi connectivity index (χ3n) is 3.86. The predicted molar refractivity (Wildman–Crippen MR) is 110 cm³/mol. The molecular formula is C19H17ClN4O3S. The van der Waals surface area contributed by atoms with Crippen LogP contribution in [-0.4, -0.2) is 26.1 Å². The molecule has 1 aromatic heterocycles. The zero-order valence-corrected chi connectivity index (χ0v) is 16.8. The van der Waals surface area contributed by atoms with E-state index < -0.39 is 4.92 Å². The molecule has 2 aromatic carbocycles. The van der Waals surface area contributed by atoms with E-state index in [0.29, 0.717) is 5.16 Å². The molecule has 28 heavy (non-hydrogen) atoms. The Bertz CT molecular complexity index is 1030. The van der Waals surface area contributed by atoms with Crippen LogP contribution in [0.1, 0.15) is 11.1 Å². The molecule has 0 fully saturated rings. The molecule has 7 nitrogen and oxygen atoms in total. The van der Waals surface area contributed by atoms with Crippen molar-refractivity contribution in [1.29, 1.82) is 0 Å². The number of rotatable bonds is 6. The summed E-state index contributed by atoms with van der Waals surface area (Å²) >= 11 is 7.29. The minimum absolute atomic E-state index is 0.0842. The summed E-state index contributed by atoms with van der Waals surface area (Å²) in [6.07, 6.45) is 3.52. The lowest BCUT2D eigenvalue weighted by Gasteiger charge is -2.10. The fraction of sp³-hybridized carbons (Fsp3) is 0.158. The van der Waals surface area contributed by atoms with E-state index in [1.54, 1.807) is 6.20 Å². The number of carbonyl (C=O) groups is 1. The van der Waals surface area contributed by atoms with Gasteiger partial charge in [-0.15, -0.1) is 0 Å². The third-order valence-corrected chi connectivity index (χ3v) is 5.16. The van der Waals surface area contributed by atoms with E-state index in [2.05, 4.69) is 16.4 Å². The number of hydrogen-bond acceptors (Lipinski definition) is 5. The number of aryl methyl sites for hydroxylation is 2. The highest BCUT2D eigenvalue weighted by Crippen LogP contribution is 2.27. The standard InChI is InChI=1S/C19H17ClN4O3S/c1-12-7-13(2)9-15(8-12)23-6-5-21-19(23)28-11-18(25)22-17-10-14(24(26)27)3-4-16(17)20/h3-10H,11H2,1-2H3,(H,22,25). The Morgan fingerprint density at radius 3 is 2.64 bits per heavy atom. The Hall–Kier alpha value is -2.84. The molecule has 144 valence electrons. The van der Waals surface area contributed by atoms with Gasteiger partial charge in [0.15, 0.2) is 5.16 Å². The van der Waals surface area contributed by atoms with Crippen LogP contribution in [0.15, 0.2) is 53.9 Å². The SMILES string of the molecule is Cc1cc(C)cc(-n2ccnc2SCC(=O)Nc2cc([N+](=O)[O-])ccc2Cl)c1. The molecule has 0 saturated carbocycles. The van der Waals surface area contributed by atoms with Gasteiger partial charge in [-0.1, -0.05) is 29.4 Å². The predicted octanol–water partition coefficient (Wildman–Crippen LogP) is 4.78. The lowest BCUT2D eigenvalue weighted by atomic mass is 10.1. The van der Waals surface area contributed by atoms with E-state index in [9.17, 15) is 14.9 Å². The van der Waals surface area contributed by atoms with Gasteiger partial charge in [-0.2, -0.15) is 0 Å². The molecule has 0 radical (unpaired) electrons. The van der Waals surface area contributed by atoms with Crippen LogP contribution in [0.25, 0.3) is 5.69 Å². The second-order valence-corrected chi connectivity index (χ2v) is 7.53. The first-order chi connectivity index (χ1) is 13.3. The van der Waals surface area contributed by atoms with Crippen molar-refractivity contribution >= 4 is 40.6 Å². The first-order valence-corrected chi connectivity index (χ1v) is 9.68. The van der Waals surface area contributed by atoms with Crippen molar-refractivity contribution in [2.75, 3.05) is 11.1 Å². The van der Waals surface area contributed by atoms with Gasteiger partial charge in [0, 0.05) is 30.2 Å². The fourth-order valence-corrected chi connectivity index (χ4v) is 3.66. The van der Waals surface area contributed by atoms with Crippen molar-refractivity contribution in [3.63, 3.8) is 0 Å². The van der Waals surface area contributed by atoms with Gasteiger partial charge in [0.2, 0.25) is 5.91 Å². The molecule has 0 saturated heterocycles. The summed E-state index contributed by atoms with van der Waals surface area (Å²) in [5.74, 6) is -0.247.